The highest BCUT2D eigenvalue weighted by molar-refractivity contribution is 9.09. The number of alkyl halides is 1. The van der Waals surface area contributed by atoms with Crippen LogP contribution in [0.1, 0.15) is 12.8 Å². The maximum Gasteiger partial charge on any atom is 0.0779 e. The number of piperidine rings is 1. The Balaban J connectivity index is 2.19. The van der Waals surface area contributed by atoms with Crippen LogP contribution in [0.3, 0.4) is 0 Å². The van der Waals surface area contributed by atoms with Gasteiger partial charge in [-0.1, -0.05) is 15.9 Å². The van der Waals surface area contributed by atoms with Crippen LogP contribution in [0, 0.1) is 5.21 Å². The van der Waals surface area contributed by atoms with Gasteiger partial charge in [0.25, 0.3) is 0 Å². The van der Waals surface area contributed by atoms with Crippen LogP contribution in [0.4, 0.5) is 0 Å². The minimum Gasteiger partial charge on any atom is -0.634 e. The third-order valence-electron chi connectivity index (χ3n) is 1.47. The lowest BCUT2D eigenvalue weighted by molar-refractivity contribution is -0.852. The predicted molar refractivity (Wildman–Crippen MR) is 36.0 cm³/mol. The summed E-state index contributed by atoms with van der Waals surface area (Å²) in [5.74, 6) is 0. The molecule has 8 heavy (non-hydrogen) atoms. The van der Waals surface area contributed by atoms with Gasteiger partial charge in [0.05, 0.1) is 13.1 Å². The molecule has 0 spiro atoms. The van der Waals surface area contributed by atoms with Crippen molar-refractivity contribution in [3.8, 4) is 0 Å². The summed E-state index contributed by atoms with van der Waals surface area (Å²) < 4.78 is 0. The number of nitrogens with one attached hydrogen (secondary N) is 1. The second-order valence-electron chi connectivity index (χ2n) is 2.21. The van der Waals surface area contributed by atoms with Gasteiger partial charge in [-0.05, 0) is 0 Å². The summed E-state index contributed by atoms with van der Waals surface area (Å²) in [4.78, 5) is 0.611. The van der Waals surface area contributed by atoms with Crippen molar-refractivity contribution in [1.29, 1.82) is 0 Å². The van der Waals surface area contributed by atoms with E-state index in [1.54, 1.807) is 0 Å². The Morgan fingerprint density at radius 3 is 2.25 bits per heavy atom. The summed E-state index contributed by atoms with van der Waals surface area (Å²) in [5, 5.41) is 11.0. The second-order valence-corrected chi connectivity index (χ2v) is 3.51. The molecule has 1 aliphatic rings. The van der Waals surface area contributed by atoms with Crippen molar-refractivity contribution in [2.45, 2.75) is 17.7 Å². The Hall–Kier alpha value is 0.400. The van der Waals surface area contributed by atoms with Crippen LogP contribution in [-0.4, -0.2) is 17.9 Å². The van der Waals surface area contributed by atoms with Gasteiger partial charge in [0, 0.05) is 17.7 Å². The van der Waals surface area contributed by atoms with Crippen LogP contribution in [0.5, 0.6) is 0 Å². The zero-order valence-electron chi connectivity index (χ0n) is 4.69. The van der Waals surface area contributed by atoms with Crippen molar-refractivity contribution < 1.29 is 5.06 Å². The van der Waals surface area contributed by atoms with E-state index in [-0.39, 0.29) is 0 Å². The quantitative estimate of drug-likeness (QED) is 0.410. The van der Waals surface area contributed by atoms with Crippen LogP contribution in [0.25, 0.3) is 0 Å². The first-order valence-corrected chi connectivity index (χ1v) is 3.86. The first kappa shape index (κ1) is 6.52. The van der Waals surface area contributed by atoms with Crippen LogP contribution in [0.2, 0.25) is 0 Å². The number of hydrogen-bond acceptors (Lipinski definition) is 1. The molecule has 0 atom stereocenters. The van der Waals surface area contributed by atoms with E-state index in [2.05, 4.69) is 15.9 Å². The molecule has 1 heterocycles. The monoisotopic (exact) mass is 179 g/mol. The maximum absolute atomic E-state index is 10.6. The molecule has 0 amide bonds. The highest BCUT2D eigenvalue weighted by Crippen LogP contribution is 2.08. The fourth-order valence-electron chi connectivity index (χ4n) is 0.905. The third-order valence-corrected chi connectivity index (χ3v) is 2.39. The van der Waals surface area contributed by atoms with E-state index >= 15 is 0 Å². The predicted octanol–water partition coefficient (Wildman–Crippen LogP) is -0.0736. The van der Waals surface area contributed by atoms with Gasteiger partial charge in [0.15, 0.2) is 0 Å². The van der Waals surface area contributed by atoms with Gasteiger partial charge in [0.1, 0.15) is 0 Å². The van der Waals surface area contributed by atoms with Gasteiger partial charge < -0.3 is 10.3 Å². The average Bonchev–Trinajstić information content (AvgIpc) is 1.77. The lowest BCUT2D eigenvalue weighted by Gasteiger charge is -2.28. The first-order chi connectivity index (χ1) is 3.79. The molecule has 1 aliphatic heterocycles. The lowest BCUT2D eigenvalue weighted by atomic mass is 10.2. The fourth-order valence-corrected chi connectivity index (χ4v) is 1.36. The van der Waals surface area contributed by atoms with Crippen molar-refractivity contribution in [3.05, 3.63) is 5.21 Å². The number of hydroxylamine groups is 2. The van der Waals surface area contributed by atoms with E-state index in [4.69, 9.17) is 0 Å². The molecule has 0 radical (unpaired) electrons. The summed E-state index contributed by atoms with van der Waals surface area (Å²) in [5.41, 5.74) is 0. The van der Waals surface area contributed by atoms with E-state index in [9.17, 15) is 5.21 Å². The van der Waals surface area contributed by atoms with Gasteiger partial charge in [-0.25, -0.2) is 0 Å². The normalized spacial score (nSPS) is 39.8. The molecule has 0 bridgehead atoms. The smallest absolute Gasteiger partial charge is 0.0779 e. The summed E-state index contributed by atoms with van der Waals surface area (Å²) >= 11 is 3.46. The standard InChI is InChI=1S/C5H10BrNO/c6-5-1-3-7(8)4-2-5/h5,7H,1-4H2. The molecule has 0 aromatic rings. The average molecular weight is 180 g/mol. The van der Waals surface area contributed by atoms with Crippen molar-refractivity contribution in [2.75, 3.05) is 13.1 Å². The van der Waals surface area contributed by atoms with Crippen LogP contribution >= 0.6 is 15.9 Å². The molecule has 2 nitrogen and oxygen atoms in total. The molecule has 0 aromatic carbocycles. The molecule has 1 saturated heterocycles. The van der Waals surface area contributed by atoms with Crippen molar-refractivity contribution in [2.24, 2.45) is 0 Å². The Morgan fingerprint density at radius 1 is 1.38 bits per heavy atom. The van der Waals surface area contributed by atoms with Gasteiger partial charge in [-0.2, -0.15) is 0 Å². The maximum atomic E-state index is 10.6. The minimum atomic E-state index is 0.431. The van der Waals surface area contributed by atoms with Crippen molar-refractivity contribution in [3.63, 3.8) is 0 Å². The Bertz CT molecular complexity index is 60.8. The molecule has 1 N–H and O–H groups in total. The molecule has 0 aliphatic carbocycles. The fraction of sp³-hybridized carbons (Fsp3) is 1.00. The molecule has 0 unspecified atom stereocenters. The summed E-state index contributed by atoms with van der Waals surface area (Å²) in [7, 11) is 0. The molecular weight excluding hydrogens is 170 g/mol. The summed E-state index contributed by atoms with van der Waals surface area (Å²) in [6.07, 6.45) is 2.08. The van der Waals surface area contributed by atoms with E-state index in [1.807, 2.05) is 0 Å². The number of hydrogen-bond donors (Lipinski definition) is 1. The molecule has 0 aromatic heterocycles. The number of halogens is 1. The second kappa shape index (κ2) is 2.80. The van der Waals surface area contributed by atoms with E-state index in [1.165, 1.54) is 0 Å². The van der Waals surface area contributed by atoms with Crippen molar-refractivity contribution >= 4 is 15.9 Å². The summed E-state index contributed by atoms with van der Waals surface area (Å²) in [6, 6.07) is 0. The highest BCUT2D eigenvalue weighted by atomic mass is 79.9. The summed E-state index contributed by atoms with van der Waals surface area (Å²) in [6.45, 7) is 1.58. The Labute approximate surface area is 57.6 Å². The zero-order chi connectivity index (χ0) is 5.98. The van der Waals surface area contributed by atoms with Crippen LogP contribution in [-0.2, 0) is 0 Å². The number of quaternary nitrogens is 1. The Morgan fingerprint density at radius 2 is 1.88 bits per heavy atom. The highest BCUT2D eigenvalue weighted by Gasteiger charge is 2.13. The van der Waals surface area contributed by atoms with Crippen molar-refractivity contribution in [1.82, 2.24) is 0 Å². The van der Waals surface area contributed by atoms with Gasteiger partial charge in [0.2, 0.25) is 0 Å². The van der Waals surface area contributed by atoms with E-state index in [0.717, 1.165) is 25.9 Å². The molecular formula is C5H10BrNO. The molecule has 1 rings (SSSR count). The molecule has 48 valence electrons. The third kappa shape index (κ3) is 1.73. The molecule has 3 heteroatoms. The van der Waals surface area contributed by atoms with Crippen LogP contribution < -0.4 is 5.06 Å². The first-order valence-electron chi connectivity index (χ1n) is 2.95. The lowest BCUT2D eigenvalue weighted by Crippen LogP contribution is -3.08. The van der Waals surface area contributed by atoms with Crippen LogP contribution in [0.15, 0.2) is 0 Å². The van der Waals surface area contributed by atoms with E-state index in [0.29, 0.717) is 9.89 Å². The van der Waals surface area contributed by atoms with Gasteiger partial charge in [-0.15, -0.1) is 0 Å². The SMILES string of the molecule is [O-][NH+]1CCC(Br)CC1. The largest absolute Gasteiger partial charge is 0.634 e. The van der Waals surface area contributed by atoms with E-state index < -0.39 is 0 Å². The number of rotatable bonds is 0. The topological polar surface area (TPSA) is 27.5 Å². The molecule has 0 saturated carbocycles. The molecule has 1 fully saturated rings. The van der Waals surface area contributed by atoms with Gasteiger partial charge in [-0.3, -0.25) is 0 Å². The Kier molecular flexibility index (Phi) is 2.28. The van der Waals surface area contributed by atoms with Gasteiger partial charge >= 0.3 is 0 Å². The minimum absolute atomic E-state index is 0.431. The zero-order valence-corrected chi connectivity index (χ0v) is 6.28.